The molecule has 1 rings (SSSR count). The molecule has 0 unspecified atom stereocenters. The van der Waals surface area contributed by atoms with Gasteiger partial charge in [-0.05, 0) is 24.0 Å². The molecule has 1 aromatic rings. The molecule has 1 heterocycles. The lowest BCUT2D eigenvalue weighted by Crippen LogP contribution is -2.28. The highest BCUT2D eigenvalue weighted by molar-refractivity contribution is 7.89. The van der Waals surface area contributed by atoms with Crippen LogP contribution >= 0.6 is 0 Å². The fourth-order valence-electron chi connectivity index (χ4n) is 1.30. The highest BCUT2D eigenvalue weighted by Crippen LogP contribution is 2.17. The van der Waals surface area contributed by atoms with Gasteiger partial charge in [0.1, 0.15) is 0 Å². The highest BCUT2D eigenvalue weighted by atomic mass is 32.2. The molecule has 0 amide bonds. The third kappa shape index (κ3) is 4.96. The molecule has 19 heavy (non-hydrogen) atoms. The van der Waals surface area contributed by atoms with Crippen LogP contribution in [0.1, 0.15) is 37.6 Å². The quantitative estimate of drug-likeness (QED) is 0.855. The van der Waals surface area contributed by atoms with E-state index in [9.17, 15) is 13.2 Å². The van der Waals surface area contributed by atoms with Crippen LogP contribution in [0.5, 0.6) is 0 Å². The first-order valence-corrected chi connectivity index (χ1v) is 7.29. The van der Waals surface area contributed by atoms with E-state index >= 15 is 0 Å². The molecule has 0 aliphatic carbocycles. The van der Waals surface area contributed by atoms with E-state index in [2.05, 4.69) is 9.71 Å². The van der Waals surface area contributed by atoms with Crippen molar-refractivity contribution in [3.05, 3.63) is 23.9 Å². The standard InChI is InChI=1S/C12H18N2O4S/c1-12(2,3)6-7-14-19(17,18)10-5-4-9(8-13-10)11(15)16/h4-5,8,14H,6-7H2,1-3H3,(H,15,16). The summed E-state index contributed by atoms with van der Waals surface area (Å²) in [6.07, 6.45) is 1.72. The highest BCUT2D eigenvalue weighted by Gasteiger charge is 2.18. The minimum absolute atomic E-state index is 0.0309. The van der Waals surface area contributed by atoms with Crippen LogP contribution in [-0.4, -0.2) is 31.0 Å². The number of nitrogens with one attached hydrogen (secondary N) is 1. The van der Waals surface area contributed by atoms with Crippen LogP contribution in [0, 0.1) is 5.41 Å². The summed E-state index contributed by atoms with van der Waals surface area (Å²) in [5.41, 5.74) is -0.0167. The maximum absolute atomic E-state index is 11.9. The van der Waals surface area contributed by atoms with E-state index < -0.39 is 16.0 Å². The number of pyridine rings is 1. The van der Waals surface area contributed by atoms with Gasteiger partial charge in [-0.1, -0.05) is 20.8 Å². The van der Waals surface area contributed by atoms with Crippen LogP contribution in [0.15, 0.2) is 23.4 Å². The van der Waals surface area contributed by atoms with E-state index in [0.717, 1.165) is 6.20 Å². The summed E-state index contributed by atoms with van der Waals surface area (Å²) in [5, 5.41) is 8.53. The molecule has 0 aromatic carbocycles. The fourth-order valence-corrected chi connectivity index (χ4v) is 2.26. The Balaban J connectivity index is 2.75. The fraction of sp³-hybridized carbons (Fsp3) is 0.500. The second-order valence-corrected chi connectivity index (χ2v) is 7.11. The van der Waals surface area contributed by atoms with Gasteiger partial charge in [-0.15, -0.1) is 0 Å². The van der Waals surface area contributed by atoms with Crippen molar-refractivity contribution in [2.24, 2.45) is 5.41 Å². The Morgan fingerprint density at radius 1 is 1.37 bits per heavy atom. The van der Waals surface area contributed by atoms with Crippen LogP contribution in [0.25, 0.3) is 0 Å². The van der Waals surface area contributed by atoms with E-state index in [4.69, 9.17) is 5.11 Å². The van der Waals surface area contributed by atoms with Gasteiger partial charge in [0.2, 0.25) is 0 Å². The van der Waals surface area contributed by atoms with E-state index in [1.165, 1.54) is 12.1 Å². The van der Waals surface area contributed by atoms with Crippen LogP contribution < -0.4 is 4.72 Å². The zero-order chi connectivity index (χ0) is 14.7. The molecule has 0 aliphatic rings. The van der Waals surface area contributed by atoms with Crippen molar-refractivity contribution in [3.8, 4) is 0 Å². The van der Waals surface area contributed by atoms with Crippen LogP contribution in [0.3, 0.4) is 0 Å². The molecule has 0 fully saturated rings. The van der Waals surface area contributed by atoms with Gasteiger partial charge < -0.3 is 5.11 Å². The van der Waals surface area contributed by atoms with Crippen LogP contribution in [0.4, 0.5) is 0 Å². The number of hydrogen-bond acceptors (Lipinski definition) is 4. The predicted octanol–water partition coefficient (Wildman–Crippen LogP) is 1.49. The van der Waals surface area contributed by atoms with Crippen LogP contribution in [0.2, 0.25) is 0 Å². The summed E-state index contributed by atoms with van der Waals surface area (Å²) in [6.45, 7) is 6.36. The number of hydrogen-bond donors (Lipinski definition) is 2. The average Bonchev–Trinajstić information content (AvgIpc) is 2.27. The normalized spacial score (nSPS) is 12.4. The molecule has 0 radical (unpaired) electrons. The molecule has 2 N–H and O–H groups in total. The predicted molar refractivity (Wildman–Crippen MR) is 70.5 cm³/mol. The van der Waals surface area contributed by atoms with Gasteiger partial charge in [0.25, 0.3) is 10.0 Å². The lowest BCUT2D eigenvalue weighted by molar-refractivity contribution is 0.0696. The lowest BCUT2D eigenvalue weighted by atomic mass is 9.93. The second-order valence-electron chi connectivity index (χ2n) is 5.40. The number of carboxylic acid groups (broad SMARTS) is 1. The lowest BCUT2D eigenvalue weighted by Gasteiger charge is -2.17. The topological polar surface area (TPSA) is 96.4 Å². The number of sulfonamides is 1. The molecular formula is C12H18N2O4S. The SMILES string of the molecule is CC(C)(C)CCNS(=O)(=O)c1ccc(C(=O)O)cn1. The molecule has 6 nitrogen and oxygen atoms in total. The Bertz CT molecular complexity index is 544. The Hall–Kier alpha value is -1.47. The van der Waals surface area contributed by atoms with E-state index in [0.29, 0.717) is 13.0 Å². The average molecular weight is 286 g/mol. The van der Waals surface area contributed by atoms with Crippen molar-refractivity contribution in [2.75, 3.05) is 6.54 Å². The summed E-state index contributed by atoms with van der Waals surface area (Å²) in [7, 11) is -3.68. The van der Waals surface area contributed by atoms with Gasteiger partial charge in [0, 0.05) is 12.7 Å². The Morgan fingerprint density at radius 3 is 2.42 bits per heavy atom. The number of aromatic nitrogens is 1. The third-order valence-electron chi connectivity index (χ3n) is 2.43. The van der Waals surface area contributed by atoms with Gasteiger partial charge >= 0.3 is 5.97 Å². The Kier molecular flexibility index (Phi) is 4.65. The van der Waals surface area contributed by atoms with Gasteiger partial charge in [-0.3, -0.25) is 0 Å². The van der Waals surface area contributed by atoms with Crippen molar-refractivity contribution in [3.63, 3.8) is 0 Å². The molecular weight excluding hydrogens is 268 g/mol. The van der Waals surface area contributed by atoms with Gasteiger partial charge in [-0.25, -0.2) is 22.9 Å². The Morgan fingerprint density at radius 2 is 2.00 bits per heavy atom. The maximum atomic E-state index is 11.9. The van der Waals surface area contributed by atoms with Gasteiger partial charge in [-0.2, -0.15) is 0 Å². The summed E-state index contributed by atoms with van der Waals surface area (Å²) < 4.78 is 26.2. The van der Waals surface area contributed by atoms with Gasteiger partial charge in [0.15, 0.2) is 5.03 Å². The molecule has 7 heteroatoms. The molecule has 1 aromatic heterocycles. The number of aromatic carboxylic acids is 1. The first kappa shape index (κ1) is 15.6. The molecule has 0 saturated carbocycles. The largest absolute Gasteiger partial charge is 0.478 e. The minimum atomic E-state index is -3.68. The second kappa shape index (κ2) is 5.66. The molecule has 106 valence electrons. The molecule has 0 spiro atoms. The first-order valence-electron chi connectivity index (χ1n) is 5.81. The number of rotatable bonds is 5. The van der Waals surface area contributed by atoms with Crippen molar-refractivity contribution >= 4 is 16.0 Å². The number of nitrogens with zero attached hydrogens (tertiary/aromatic N) is 1. The van der Waals surface area contributed by atoms with Crippen LogP contribution in [-0.2, 0) is 10.0 Å². The Labute approximate surface area is 112 Å². The number of carbonyl (C=O) groups is 1. The minimum Gasteiger partial charge on any atom is -0.478 e. The van der Waals surface area contributed by atoms with E-state index in [1.807, 2.05) is 20.8 Å². The maximum Gasteiger partial charge on any atom is 0.337 e. The summed E-state index contributed by atoms with van der Waals surface area (Å²) >= 11 is 0. The van der Waals surface area contributed by atoms with E-state index in [-0.39, 0.29) is 16.0 Å². The van der Waals surface area contributed by atoms with Crippen molar-refractivity contribution in [1.29, 1.82) is 0 Å². The molecule has 0 atom stereocenters. The van der Waals surface area contributed by atoms with Gasteiger partial charge in [0.05, 0.1) is 5.56 Å². The first-order chi connectivity index (χ1) is 8.62. The van der Waals surface area contributed by atoms with Crippen molar-refractivity contribution in [2.45, 2.75) is 32.2 Å². The number of carboxylic acids is 1. The summed E-state index contributed by atoms with van der Waals surface area (Å²) in [6, 6.07) is 2.40. The zero-order valence-electron chi connectivity index (χ0n) is 11.2. The summed E-state index contributed by atoms with van der Waals surface area (Å²) in [4.78, 5) is 14.3. The van der Waals surface area contributed by atoms with E-state index in [1.54, 1.807) is 0 Å². The molecule has 0 bridgehead atoms. The summed E-state index contributed by atoms with van der Waals surface area (Å²) in [5.74, 6) is -1.14. The smallest absolute Gasteiger partial charge is 0.337 e. The monoisotopic (exact) mass is 286 g/mol. The van der Waals surface area contributed by atoms with Crippen molar-refractivity contribution in [1.82, 2.24) is 9.71 Å². The molecule has 0 saturated heterocycles. The molecule has 0 aliphatic heterocycles. The zero-order valence-corrected chi connectivity index (χ0v) is 12.0. The third-order valence-corrected chi connectivity index (χ3v) is 3.80. The van der Waals surface area contributed by atoms with Crippen molar-refractivity contribution < 1.29 is 18.3 Å².